The highest BCUT2D eigenvalue weighted by Crippen LogP contribution is 2.06. The summed E-state index contributed by atoms with van der Waals surface area (Å²) in [6, 6.07) is 4.20. The molecule has 0 bridgehead atoms. The van der Waals surface area contributed by atoms with E-state index in [1.165, 1.54) is 0 Å². The van der Waals surface area contributed by atoms with Crippen molar-refractivity contribution < 1.29 is 24.3 Å². The van der Waals surface area contributed by atoms with E-state index in [0.29, 0.717) is 5.56 Å². The number of primary amides is 1. The number of urea groups is 1. The van der Waals surface area contributed by atoms with Crippen molar-refractivity contribution in [2.75, 3.05) is 6.54 Å². The lowest BCUT2D eigenvalue weighted by Gasteiger charge is -2.11. The van der Waals surface area contributed by atoms with Crippen LogP contribution in [0, 0.1) is 3.57 Å². The zero-order valence-electron chi connectivity index (χ0n) is 12.0. The predicted octanol–water partition coefficient (Wildman–Crippen LogP) is 0.492. The van der Waals surface area contributed by atoms with Crippen molar-refractivity contribution in [3.05, 3.63) is 33.4 Å². The Morgan fingerprint density at radius 2 is 1.78 bits per heavy atom. The second-order valence-corrected chi connectivity index (χ2v) is 5.86. The Labute approximate surface area is 145 Å². The van der Waals surface area contributed by atoms with Crippen molar-refractivity contribution in [3.8, 4) is 0 Å². The van der Waals surface area contributed by atoms with Gasteiger partial charge >= 0.3 is 12.0 Å². The number of aliphatic carboxylic acids is 1. The average Bonchev–Trinajstić information content (AvgIpc) is 2.49. The molecule has 1 rings (SSSR count). The summed E-state index contributed by atoms with van der Waals surface area (Å²) in [5.74, 6) is -2.43. The zero-order chi connectivity index (χ0) is 17.4. The lowest BCUT2D eigenvalue weighted by atomic mass is 10.1. The molecule has 0 aliphatic rings. The number of benzene rings is 1. The Hall–Kier alpha value is -2.17. The Balaban J connectivity index is 2.39. The molecule has 3 amide bonds. The molecule has 23 heavy (non-hydrogen) atoms. The van der Waals surface area contributed by atoms with Gasteiger partial charge < -0.3 is 21.5 Å². The van der Waals surface area contributed by atoms with E-state index in [1.54, 1.807) is 24.3 Å². The number of carbonyl (C=O) groups excluding carboxylic acids is 3. The first-order valence-electron chi connectivity index (χ1n) is 6.66. The second-order valence-electron chi connectivity index (χ2n) is 4.61. The van der Waals surface area contributed by atoms with E-state index in [-0.39, 0.29) is 25.3 Å². The molecule has 1 aromatic rings. The second kappa shape index (κ2) is 9.08. The Morgan fingerprint density at radius 1 is 1.17 bits per heavy atom. The van der Waals surface area contributed by atoms with Gasteiger partial charge in [0, 0.05) is 22.1 Å². The molecule has 0 aliphatic heterocycles. The highest BCUT2D eigenvalue weighted by atomic mass is 127. The number of Topliss-reactive ketones (excluding diaryl/α,β-unsaturated/α-hetero) is 1. The quantitative estimate of drug-likeness (QED) is 0.269. The molecular formula is C14H16IN3O5. The maximum Gasteiger partial charge on any atom is 0.334 e. The molecule has 0 fully saturated rings. The number of carbonyl (C=O) groups is 4. The third-order valence-electron chi connectivity index (χ3n) is 2.85. The minimum atomic E-state index is -1.67. The standard InChI is InChI=1S/C14H16IN3O5/c15-9-5-3-8(4-6-9)12(20)17-7-1-2-10(19)11(13(21)22)18-14(16)23/h3-6,11H,1-2,7H2,(H,17,20)(H,21,22)(H3,16,18,23)/t11-/m0/s1. The maximum absolute atomic E-state index is 11.8. The number of hydrogen-bond acceptors (Lipinski definition) is 4. The lowest BCUT2D eigenvalue weighted by molar-refractivity contribution is -0.143. The molecule has 1 atom stereocenters. The van der Waals surface area contributed by atoms with Crippen LogP contribution in [0.1, 0.15) is 23.2 Å². The first kappa shape index (κ1) is 18.9. The highest BCUT2D eigenvalue weighted by Gasteiger charge is 2.26. The first-order chi connectivity index (χ1) is 10.8. The van der Waals surface area contributed by atoms with Gasteiger partial charge in [-0.05, 0) is 53.3 Å². The summed E-state index contributed by atoms with van der Waals surface area (Å²) in [5.41, 5.74) is 5.31. The van der Waals surface area contributed by atoms with Crippen LogP contribution in [-0.2, 0) is 9.59 Å². The van der Waals surface area contributed by atoms with Gasteiger partial charge in [-0.3, -0.25) is 9.59 Å². The van der Waals surface area contributed by atoms with Gasteiger partial charge in [0.05, 0.1) is 0 Å². The van der Waals surface area contributed by atoms with Crippen molar-refractivity contribution in [1.82, 2.24) is 10.6 Å². The van der Waals surface area contributed by atoms with Crippen molar-refractivity contribution in [2.24, 2.45) is 5.73 Å². The number of carboxylic acids is 1. The molecule has 0 aromatic heterocycles. The molecule has 5 N–H and O–H groups in total. The fraction of sp³-hybridized carbons (Fsp3) is 0.286. The number of nitrogens with two attached hydrogens (primary N) is 1. The Bertz CT molecular complexity index is 603. The summed E-state index contributed by atoms with van der Waals surface area (Å²) in [7, 11) is 0. The molecule has 0 radical (unpaired) electrons. The van der Waals surface area contributed by atoms with Crippen LogP contribution in [-0.4, -0.2) is 41.4 Å². The smallest absolute Gasteiger partial charge is 0.334 e. The summed E-state index contributed by atoms with van der Waals surface area (Å²) >= 11 is 2.13. The van der Waals surface area contributed by atoms with Gasteiger partial charge in [-0.15, -0.1) is 0 Å². The third-order valence-corrected chi connectivity index (χ3v) is 3.57. The number of nitrogens with one attached hydrogen (secondary N) is 2. The fourth-order valence-electron chi connectivity index (χ4n) is 1.73. The number of rotatable bonds is 8. The fourth-order valence-corrected chi connectivity index (χ4v) is 2.09. The minimum absolute atomic E-state index is 0.107. The van der Waals surface area contributed by atoms with Crippen LogP contribution in [0.15, 0.2) is 24.3 Å². The Morgan fingerprint density at radius 3 is 2.30 bits per heavy atom. The van der Waals surface area contributed by atoms with E-state index in [4.69, 9.17) is 10.8 Å². The molecule has 0 aliphatic carbocycles. The zero-order valence-corrected chi connectivity index (χ0v) is 14.2. The molecule has 8 nitrogen and oxygen atoms in total. The number of amides is 3. The monoisotopic (exact) mass is 433 g/mol. The van der Waals surface area contributed by atoms with Gasteiger partial charge in [0.25, 0.3) is 5.91 Å². The van der Waals surface area contributed by atoms with Crippen molar-refractivity contribution in [2.45, 2.75) is 18.9 Å². The van der Waals surface area contributed by atoms with Crippen molar-refractivity contribution in [3.63, 3.8) is 0 Å². The van der Waals surface area contributed by atoms with Crippen LogP contribution >= 0.6 is 22.6 Å². The van der Waals surface area contributed by atoms with Crippen molar-refractivity contribution >= 4 is 46.3 Å². The Kier molecular flexibility index (Phi) is 7.45. The molecule has 124 valence electrons. The normalized spacial score (nSPS) is 11.3. The van der Waals surface area contributed by atoms with Gasteiger partial charge in [-0.2, -0.15) is 0 Å². The summed E-state index contributed by atoms with van der Waals surface area (Å²) in [4.78, 5) is 45.1. The first-order valence-corrected chi connectivity index (χ1v) is 7.74. The molecule has 0 saturated heterocycles. The van der Waals surface area contributed by atoms with Crippen LogP contribution in [0.3, 0.4) is 0 Å². The highest BCUT2D eigenvalue weighted by molar-refractivity contribution is 14.1. The summed E-state index contributed by atoms with van der Waals surface area (Å²) in [6.45, 7) is 0.208. The van der Waals surface area contributed by atoms with E-state index in [2.05, 4.69) is 27.9 Å². The number of halogens is 1. The van der Waals surface area contributed by atoms with Crippen LogP contribution in [0.25, 0.3) is 0 Å². The maximum atomic E-state index is 11.8. The largest absolute Gasteiger partial charge is 0.479 e. The molecule has 0 heterocycles. The van der Waals surface area contributed by atoms with Crippen LogP contribution in [0.2, 0.25) is 0 Å². The minimum Gasteiger partial charge on any atom is -0.479 e. The molecule has 1 aromatic carbocycles. The van der Waals surface area contributed by atoms with E-state index >= 15 is 0 Å². The third kappa shape index (κ3) is 6.63. The lowest BCUT2D eigenvalue weighted by Crippen LogP contribution is -2.48. The van der Waals surface area contributed by atoms with Crippen LogP contribution in [0.5, 0.6) is 0 Å². The summed E-state index contributed by atoms with van der Waals surface area (Å²) in [6.07, 6.45) is 0.142. The van der Waals surface area contributed by atoms with E-state index in [1.807, 2.05) is 5.32 Å². The van der Waals surface area contributed by atoms with Crippen molar-refractivity contribution in [1.29, 1.82) is 0 Å². The number of ketones is 1. The van der Waals surface area contributed by atoms with E-state index < -0.39 is 23.8 Å². The van der Waals surface area contributed by atoms with Crippen LogP contribution < -0.4 is 16.4 Å². The van der Waals surface area contributed by atoms with Gasteiger partial charge in [0.2, 0.25) is 0 Å². The SMILES string of the molecule is NC(=O)N[C@H](C(=O)O)C(=O)CCCNC(=O)c1ccc(I)cc1. The van der Waals surface area contributed by atoms with Gasteiger partial charge in [-0.25, -0.2) is 9.59 Å². The van der Waals surface area contributed by atoms with E-state index in [9.17, 15) is 19.2 Å². The number of carboxylic acid groups (broad SMARTS) is 1. The van der Waals surface area contributed by atoms with Gasteiger partial charge in [0.1, 0.15) is 0 Å². The predicted molar refractivity (Wildman–Crippen MR) is 89.9 cm³/mol. The number of hydrogen-bond donors (Lipinski definition) is 4. The average molecular weight is 433 g/mol. The molecule has 9 heteroatoms. The summed E-state index contributed by atoms with van der Waals surface area (Å²) in [5, 5.41) is 13.3. The summed E-state index contributed by atoms with van der Waals surface area (Å²) < 4.78 is 1.01. The van der Waals surface area contributed by atoms with Gasteiger partial charge in [-0.1, -0.05) is 0 Å². The van der Waals surface area contributed by atoms with Crippen LogP contribution in [0.4, 0.5) is 4.79 Å². The molecule has 0 spiro atoms. The molecule has 0 saturated carbocycles. The molecular weight excluding hydrogens is 417 g/mol. The van der Waals surface area contributed by atoms with Gasteiger partial charge in [0.15, 0.2) is 11.8 Å². The van der Waals surface area contributed by atoms with E-state index in [0.717, 1.165) is 3.57 Å². The molecule has 0 unspecified atom stereocenters. The topological polar surface area (TPSA) is 139 Å².